The van der Waals surface area contributed by atoms with Gasteiger partial charge in [-0.1, -0.05) is 6.07 Å². The zero-order chi connectivity index (χ0) is 22.6. The number of hydrogen-bond donors (Lipinski definition) is 2. The number of rotatable bonds is 3. The lowest BCUT2D eigenvalue weighted by atomic mass is 10.0. The van der Waals surface area contributed by atoms with E-state index in [1.54, 1.807) is 12.1 Å². The number of hydrogen-bond acceptors (Lipinski definition) is 6. The molecule has 0 aliphatic carbocycles. The van der Waals surface area contributed by atoms with Gasteiger partial charge in [-0.25, -0.2) is 0 Å². The first-order valence-corrected chi connectivity index (χ1v) is 9.69. The van der Waals surface area contributed by atoms with E-state index in [9.17, 15) is 28.0 Å². The molecule has 3 aliphatic heterocycles. The largest absolute Gasteiger partial charge is 0.586 e. The highest BCUT2D eigenvalue weighted by molar-refractivity contribution is 6.07. The van der Waals surface area contributed by atoms with Crippen molar-refractivity contribution >= 4 is 29.3 Å². The second kappa shape index (κ2) is 7.01. The molecule has 9 nitrogen and oxygen atoms in total. The van der Waals surface area contributed by atoms with Crippen LogP contribution in [0.3, 0.4) is 0 Å². The number of ether oxygens (including phenoxy) is 2. The Labute approximate surface area is 179 Å². The second-order valence-electron chi connectivity index (χ2n) is 7.56. The van der Waals surface area contributed by atoms with E-state index < -0.39 is 24.2 Å². The minimum absolute atomic E-state index is 0.0574. The fourth-order valence-corrected chi connectivity index (χ4v) is 3.93. The standard InChI is InChI=1S/C21H15F2N3O6/c22-21(23)31-15-5-2-10(7-16(15)32-21)18(28)24-12-3-1-11-9-26(20(30)13(11)8-12)14-4-6-17(27)25-19(14)29/h1-3,5,7-8,14H,4,6,9H2,(H,24,28)(H,25,27,29). The number of nitrogens with one attached hydrogen (secondary N) is 2. The summed E-state index contributed by atoms with van der Waals surface area (Å²) in [5.41, 5.74) is 1.39. The molecule has 5 rings (SSSR count). The Kier molecular flexibility index (Phi) is 4.36. The summed E-state index contributed by atoms with van der Waals surface area (Å²) < 4.78 is 35.0. The molecule has 164 valence electrons. The zero-order valence-electron chi connectivity index (χ0n) is 16.3. The molecule has 1 saturated heterocycles. The van der Waals surface area contributed by atoms with E-state index in [0.29, 0.717) is 16.8 Å². The third kappa shape index (κ3) is 3.41. The SMILES string of the molecule is O=C1CCC(N2Cc3ccc(NC(=O)c4ccc5c(c4)OC(F)(F)O5)cc3C2=O)C(=O)N1. The van der Waals surface area contributed by atoms with Gasteiger partial charge < -0.3 is 19.7 Å². The summed E-state index contributed by atoms with van der Waals surface area (Å²) in [6.07, 6.45) is -3.39. The molecule has 0 bridgehead atoms. The summed E-state index contributed by atoms with van der Waals surface area (Å²) in [7, 11) is 0. The van der Waals surface area contributed by atoms with Crippen LogP contribution in [0.25, 0.3) is 0 Å². The Morgan fingerprint density at radius 2 is 1.88 bits per heavy atom. The average Bonchev–Trinajstić information content (AvgIpc) is 3.22. The first kappa shape index (κ1) is 19.9. The summed E-state index contributed by atoms with van der Waals surface area (Å²) in [5, 5.41) is 4.85. The third-order valence-corrected chi connectivity index (χ3v) is 5.45. The van der Waals surface area contributed by atoms with Gasteiger partial charge in [0.1, 0.15) is 6.04 Å². The second-order valence-corrected chi connectivity index (χ2v) is 7.56. The molecule has 1 atom stereocenters. The van der Waals surface area contributed by atoms with Gasteiger partial charge in [0.05, 0.1) is 0 Å². The zero-order valence-corrected chi connectivity index (χ0v) is 16.3. The molecule has 1 fully saturated rings. The van der Waals surface area contributed by atoms with E-state index in [0.717, 1.165) is 6.07 Å². The van der Waals surface area contributed by atoms with Gasteiger partial charge in [-0.3, -0.25) is 24.5 Å². The van der Waals surface area contributed by atoms with Crippen LogP contribution in [0, 0.1) is 0 Å². The average molecular weight is 443 g/mol. The monoisotopic (exact) mass is 443 g/mol. The number of anilines is 1. The minimum atomic E-state index is -3.79. The van der Waals surface area contributed by atoms with Crippen molar-refractivity contribution in [3.63, 3.8) is 0 Å². The van der Waals surface area contributed by atoms with E-state index in [-0.39, 0.29) is 48.3 Å². The highest BCUT2D eigenvalue weighted by atomic mass is 19.3. The van der Waals surface area contributed by atoms with Crippen molar-refractivity contribution in [1.29, 1.82) is 0 Å². The molecule has 1 unspecified atom stereocenters. The van der Waals surface area contributed by atoms with Crippen LogP contribution in [0.15, 0.2) is 36.4 Å². The molecule has 3 heterocycles. The lowest BCUT2D eigenvalue weighted by Gasteiger charge is -2.29. The van der Waals surface area contributed by atoms with E-state index >= 15 is 0 Å². The van der Waals surface area contributed by atoms with Crippen LogP contribution < -0.4 is 20.1 Å². The molecule has 11 heteroatoms. The number of carbonyl (C=O) groups excluding carboxylic acids is 4. The first-order chi connectivity index (χ1) is 15.2. The van der Waals surface area contributed by atoms with Crippen LogP contribution in [-0.4, -0.2) is 40.9 Å². The van der Waals surface area contributed by atoms with E-state index in [4.69, 9.17) is 0 Å². The van der Waals surface area contributed by atoms with Crippen molar-refractivity contribution in [3.05, 3.63) is 53.1 Å². The molecule has 2 N–H and O–H groups in total. The molecule has 4 amide bonds. The van der Waals surface area contributed by atoms with Crippen molar-refractivity contribution in [2.45, 2.75) is 31.7 Å². The summed E-state index contributed by atoms with van der Waals surface area (Å²) >= 11 is 0. The van der Waals surface area contributed by atoms with Crippen molar-refractivity contribution in [2.24, 2.45) is 0 Å². The Morgan fingerprint density at radius 3 is 2.66 bits per heavy atom. The maximum atomic E-state index is 13.2. The predicted octanol–water partition coefficient (Wildman–Crippen LogP) is 2.02. The third-order valence-electron chi connectivity index (χ3n) is 5.45. The quantitative estimate of drug-likeness (QED) is 0.702. The molecule has 0 spiro atoms. The lowest BCUT2D eigenvalue weighted by molar-refractivity contribution is -0.286. The number of benzene rings is 2. The van der Waals surface area contributed by atoms with Crippen LogP contribution >= 0.6 is 0 Å². The molecule has 3 aliphatic rings. The summed E-state index contributed by atoms with van der Waals surface area (Å²) in [6, 6.07) is 7.65. The van der Waals surface area contributed by atoms with Gasteiger partial charge in [0.15, 0.2) is 11.5 Å². The van der Waals surface area contributed by atoms with Gasteiger partial charge in [0, 0.05) is 29.8 Å². The molecule has 0 radical (unpaired) electrons. The number of fused-ring (bicyclic) bond motifs is 2. The fraction of sp³-hybridized carbons (Fsp3) is 0.238. The number of halogens is 2. The summed E-state index contributed by atoms with van der Waals surface area (Å²) in [6.45, 7) is 0.213. The number of nitrogens with zero attached hydrogens (tertiary/aromatic N) is 1. The van der Waals surface area contributed by atoms with Crippen LogP contribution in [0.1, 0.15) is 39.1 Å². The number of amides is 4. The number of carbonyl (C=O) groups is 4. The van der Waals surface area contributed by atoms with E-state index in [2.05, 4.69) is 20.1 Å². The van der Waals surface area contributed by atoms with Crippen molar-refractivity contribution < 1.29 is 37.4 Å². The normalized spacial score (nSPS) is 20.8. The maximum Gasteiger partial charge on any atom is 0.586 e. The Balaban J connectivity index is 1.32. The molecule has 0 aromatic heterocycles. The van der Waals surface area contributed by atoms with Gasteiger partial charge >= 0.3 is 6.29 Å². The maximum absolute atomic E-state index is 13.2. The highest BCUT2D eigenvalue weighted by Gasteiger charge is 2.43. The molecule has 32 heavy (non-hydrogen) atoms. The van der Waals surface area contributed by atoms with Crippen molar-refractivity contribution in [3.8, 4) is 11.5 Å². The van der Waals surface area contributed by atoms with Gasteiger partial charge in [-0.05, 0) is 42.3 Å². The molecule has 2 aromatic carbocycles. The van der Waals surface area contributed by atoms with Gasteiger partial charge in [-0.2, -0.15) is 0 Å². The fourth-order valence-electron chi connectivity index (χ4n) is 3.93. The van der Waals surface area contributed by atoms with Gasteiger partial charge in [0.2, 0.25) is 11.8 Å². The van der Waals surface area contributed by atoms with Crippen molar-refractivity contribution in [1.82, 2.24) is 10.2 Å². The Bertz CT molecular complexity index is 1200. The first-order valence-electron chi connectivity index (χ1n) is 9.69. The smallest absolute Gasteiger partial charge is 0.395 e. The molecule has 0 saturated carbocycles. The van der Waals surface area contributed by atoms with Crippen LogP contribution in [0.2, 0.25) is 0 Å². The van der Waals surface area contributed by atoms with E-state index in [1.807, 2.05) is 0 Å². The summed E-state index contributed by atoms with van der Waals surface area (Å²) in [4.78, 5) is 50.3. The molecule has 2 aromatic rings. The van der Waals surface area contributed by atoms with Gasteiger partial charge in [0.25, 0.3) is 11.8 Å². The van der Waals surface area contributed by atoms with Crippen LogP contribution in [-0.2, 0) is 16.1 Å². The predicted molar refractivity (Wildman–Crippen MR) is 103 cm³/mol. The minimum Gasteiger partial charge on any atom is -0.395 e. The number of piperidine rings is 1. The van der Waals surface area contributed by atoms with Gasteiger partial charge in [-0.15, -0.1) is 8.78 Å². The van der Waals surface area contributed by atoms with E-state index in [1.165, 1.54) is 23.1 Å². The topological polar surface area (TPSA) is 114 Å². The summed E-state index contributed by atoms with van der Waals surface area (Å²) in [5.74, 6) is -2.29. The Morgan fingerprint density at radius 1 is 1.09 bits per heavy atom. The van der Waals surface area contributed by atoms with Crippen LogP contribution in [0.5, 0.6) is 11.5 Å². The lowest BCUT2D eigenvalue weighted by Crippen LogP contribution is -2.52. The number of alkyl halides is 2. The Hall–Kier alpha value is -4.02. The molecular weight excluding hydrogens is 428 g/mol. The number of imide groups is 1. The van der Waals surface area contributed by atoms with Crippen LogP contribution in [0.4, 0.5) is 14.5 Å². The highest BCUT2D eigenvalue weighted by Crippen LogP contribution is 2.41. The van der Waals surface area contributed by atoms with Crippen molar-refractivity contribution in [2.75, 3.05) is 5.32 Å². The molecular formula is C21H15F2N3O6.